The molecule has 2 fully saturated rings. The second kappa shape index (κ2) is 2.45. The summed E-state index contributed by atoms with van der Waals surface area (Å²) < 4.78 is 0. The summed E-state index contributed by atoms with van der Waals surface area (Å²) in [6.45, 7) is 4.70. The van der Waals surface area contributed by atoms with E-state index >= 15 is 0 Å². The molecule has 0 spiro atoms. The van der Waals surface area contributed by atoms with Crippen LogP contribution in [0.4, 0.5) is 0 Å². The molecule has 0 aromatic carbocycles. The predicted molar refractivity (Wildman–Crippen MR) is 48.8 cm³/mol. The van der Waals surface area contributed by atoms with E-state index in [0.29, 0.717) is 11.3 Å². The molecule has 0 aromatic heterocycles. The van der Waals surface area contributed by atoms with E-state index in [-0.39, 0.29) is 0 Å². The Bertz CT molecular complexity index is 237. The third kappa shape index (κ3) is 0.886. The molecule has 0 aliphatic heterocycles. The molecule has 2 saturated carbocycles. The number of allylic oxidation sites excluding steroid dienone is 2. The summed E-state index contributed by atoms with van der Waals surface area (Å²) in [5, 5.41) is 0. The summed E-state index contributed by atoms with van der Waals surface area (Å²) in [4.78, 5) is 10.4. The van der Waals surface area contributed by atoms with Crippen molar-refractivity contribution in [1.29, 1.82) is 0 Å². The first-order chi connectivity index (χ1) is 5.66. The van der Waals surface area contributed by atoms with Crippen LogP contribution in [0.5, 0.6) is 0 Å². The number of rotatable bonds is 1. The highest BCUT2D eigenvalue weighted by atomic mass is 16.1. The molecular weight excluding hydrogens is 148 g/mol. The largest absolute Gasteiger partial charge is 0.299 e. The van der Waals surface area contributed by atoms with Gasteiger partial charge in [0.1, 0.15) is 6.29 Å². The van der Waals surface area contributed by atoms with Crippen LogP contribution in [0.1, 0.15) is 33.1 Å². The lowest BCUT2D eigenvalue weighted by Gasteiger charge is -2.23. The van der Waals surface area contributed by atoms with E-state index in [1.807, 2.05) is 0 Å². The molecule has 2 aliphatic carbocycles. The smallest absolute Gasteiger partial charge is 0.142 e. The molecule has 2 aliphatic rings. The highest BCUT2D eigenvalue weighted by Gasteiger charge is 2.50. The highest BCUT2D eigenvalue weighted by Crippen LogP contribution is 2.59. The van der Waals surface area contributed by atoms with Crippen LogP contribution in [0.25, 0.3) is 0 Å². The predicted octanol–water partition coefficient (Wildman–Crippen LogP) is 2.57. The van der Waals surface area contributed by atoms with Gasteiger partial charge in [-0.3, -0.25) is 4.79 Å². The van der Waals surface area contributed by atoms with E-state index < -0.39 is 0 Å². The van der Waals surface area contributed by atoms with E-state index in [1.165, 1.54) is 24.8 Å². The van der Waals surface area contributed by atoms with Crippen LogP contribution in [0.2, 0.25) is 0 Å². The maximum absolute atomic E-state index is 10.4. The molecule has 1 nitrogen and oxygen atoms in total. The van der Waals surface area contributed by atoms with E-state index in [2.05, 4.69) is 13.8 Å². The van der Waals surface area contributed by atoms with Gasteiger partial charge >= 0.3 is 0 Å². The molecule has 0 aromatic rings. The Hall–Kier alpha value is -0.590. The van der Waals surface area contributed by atoms with Crippen LogP contribution in [0, 0.1) is 17.3 Å². The molecule has 2 bridgehead atoms. The summed E-state index contributed by atoms with van der Waals surface area (Å²) >= 11 is 0. The van der Waals surface area contributed by atoms with Crippen molar-refractivity contribution in [2.45, 2.75) is 33.1 Å². The van der Waals surface area contributed by atoms with Crippen LogP contribution < -0.4 is 0 Å². The molecule has 12 heavy (non-hydrogen) atoms. The summed E-state index contributed by atoms with van der Waals surface area (Å²) in [5.74, 6) is 1.54. The van der Waals surface area contributed by atoms with Gasteiger partial charge in [0, 0.05) is 0 Å². The average Bonchev–Trinajstić information content (AvgIpc) is 2.41. The van der Waals surface area contributed by atoms with Gasteiger partial charge in [0.2, 0.25) is 0 Å². The Kier molecular flexibility index (Phi) is 1.64. The van der Waals surface area contributed by atoms with Crippen molar-refractivity contribution in [1.82, 2.24) is 0 Å². The zero-order valence-electron chi connectivity index (χ0n) is 7.84. The van der Waals surface area contributed by atoms with Gasteiger partial charge in [-0.25, -0.2) is 0 Å². The van der Waals surface area contributed by atoms with Crippen molar-refractivity contribution >= 4 is 6.29 Å². The molecule has 0 amide bonds. The van der Waals surface area contributed by atoms with Crippen LogP contribution >= 0.6 is 0 Å². The fraction of sp³-hybridized carbons (Fsp3) is 0.727. The zero-order valence-corrected chi connectivity index (χ0v) is 7.84. The fourth-order valence-corrected chi connectivity index (χ4v) is 3.12. The van der Waals surface area contributed by atoms with Gasteiger partial charge in [-0.1, -0.05) is 19.4 Å². The van der Waals surface area contributed by atoms with Crippen LogP contribution in [0.3, 0.4) is 0 Å². The van der Waals surface area contributed by atoms with E-state index in [0.717, 1.165) is 12.2 Å². The summed E-state index contributed by atoms with van der Waals surface area (Å²) in [5.41, 5.74) is 1.88. The second-order valence-electron chi connectivity index (χ2n) is 4.73. The fourth-order valence-electron chi connectivity index (χ4n) is 3.12. The van der Waals surface area contributed by atoms with Crippen molar-refractivity contribution in [3.8, 4) is 0 Å². The van der Waals surface area contributed by atoms with Crippen molar-refractivity contribution in [3.05, 3.63) is 11.6 Å². The van der Waals surface area contributed by atoms with Crippen molar-refractivity contribution in [3.63, 3.8) is 0 Å². The first-order valence-electron chi connectivity index (χ1n) is 4.80. The number of fused-ring (bicyclic) bond motifs is 2. The third-order valence-corrected chi connectivity index (χ3v) is 3.97. The minimum absolute atomic E-state index is 0.467. The number of aldehydes is 1. The topological polar surface area (TPSA) is 17.1 Å². The summed E-state index contributed by atoms with van der Waals surface area (Å²) in [7, 11) is 0. The minimum Gasteiger partial charge on any atom is -0.299 e. The number of hydrogen-bond acceptors (Lipinski definition) is 1. The van der Waals surface area contributed by atoms with Crippen molar-refractivity contribution in [2.24, 2.45) is 17.3 Å². The molecule has 66 valence electrons. The van der Waals surface area contributed by atoms with Gasteiger partial charge in [0.15, 0.2) is 0 Å². The van der Waals surface area contributed by atoms with Crippen molar-refractivity contribution in [2.75, 3.05) is 0 Å². The van der Waals surface area contributed by atoms with E-state index in [9.17, 15) is 4.79 Å². The van der Waals surface area contributed by atoms with Gasteiger partial charge in [0.25, 0.3) is 0 Å². The summed E-state index contributed by atoms with van der Waals surface area (Å²) in [6.07, 6.45) is 6.60. The van der Waals surface area contributed by atoms with Gasteiger partial charge in [-0.15, -0.1) is 0 Å². The molecular formula is C11H16O. The van der Waals surface area contributed by atoms with E-state index in [4.69, 9.17) is 0 Å². The lowest BCUT2D eigenvalue weighted by molar-refractivity contribution is -0.104. The Morgan fingerprint density at radius 2 is 2.17 bits per heavy atom. The van der Waals surface area contributed by atoms with Crippen LogP contribution in [-0.2, 0) is 4.79 Å². The Balaban J connectivity index is 2.29. The van der Waals surface area contributed by atoms with Gasteiger partial charge in [-0.2, -0.15) is 0 Å². The number of carbonyl (C=O) groups excluding carboxylic acids is 1. The lowest BCUT2D eigenvalue weighted by Crippen LogP contribution is -2.16. The van der Waals surface area contributed by atoms with E-state index in [1.54, 1.807) is 6.08 Å². The monoisotopic (exact) mass is 164 g/mol. The van der Waals surface area contributed by atoms with Crippen molar-refractivity contribution < 1.29 is 4.79 Å². The lowest BCUT2D eigenvalue weighted by atomic mass is 9.81. The molecule has 0 N–H and O–H groups in total. The molecule has 0 radical (unpaired) electrons. The standard InChI is InChI=1S/C11H16O/c1-11(2)9-3-4-10(11)8(7-9)5-6-12/h5-6,9-10H,3-4,7H2,1-2H3/b8-5+. The molecule has 1 heteroatoms. The van der Waals surface area contributed by atoms with Gasteiger partial charge in [0.05, 0.1) is 0 Å². The van der Waals surface area contributed by atoms with Gasteiger partial charge in [-0.05, 0) is 42.6 Å². The maximum Gasteiger partial charge on any atom is 0.142 e. The van der Waals surface area contributed by atoms with Crippen LogP contribution in [0.15, 0.2) is 11.6 Å². The molecule has 2 atom stereocenters. The quantitative estimate of drug-likeness (QED) is 0.430. The molecule has 2 rings (SSSR count). The number of hydrogen-bond donors (Lipinski definition) is 0. The minimum atomic E-state index is 0.467. The SMILES string of the molecule is CC1(C)C2CCC1/C(=C/C=O)C2. The van der Waals surface area contributed by atoms with Crippen LogP contribution in [-0.4, -0.2) is 6.29 Å². The normalized spacial score (nSPS) is 40.7. The molecule has 0 saturated heterocycles. The van der Waals surface area contributed by atoms with Gasteiger partial charge < -0.3 is 0 Å². The first-order valence-corrected chi connectivity index (χ1v) is 4.80. The first kappa shape index (κ1) is 8.03. The summed E-state index contributed by atoms with van der Waals surface area (Å²) in [6, 6.07) is 0. The maximum atomic E-state index is 10.4. The Labute approximate surface area is 73.8 Å². The third-order valence-electron chi connectivity index (χ3n) is 3.97. The average molecular weight is 164 g/mol. The Morgan fingerprint density at radius 3 is 2.58 bits per heavy atom. The molecule has 0 heterocycles. The number of carbonyl (C=O) groups is 1. The zero-order chi connectivity index (χ0) is 8.77. The molecule has 2 unspecified atom stereocenters. The Morgan fingerprint density at radius 1 is 1.42 bits per heavy atom. The second-order valence-corrected chi connectivity index (χ2v) is 4.73. The highest BCUT2D eigenvalue weighted by molar-refractivity contribution is 5.66.